The van der Waals surface area contributed by atoms with Gasteiger partial charge in [0.05, 0.1) is 4.92 Å². The minimum absolute atomic E-state index is 0.0795. The number of hydrogen-bond acceptors (Lipinski definition) is 5. The Labute approximate surface area is 120 Å². The molecule has 0 unspecified atom stereocenters. The number of hydrogen-bond donors (Lipinski definition) is 1. The molecule has 0 saturated carbocycles. The summed E-state index contributed by atoms with van der Waals surface area (Å²) in [6.45, 7) is 5.90. The molecule has 2 aromatic rings. The van der Waals surface area contributed by atoms with E-state index in [1.54, 1.807) is 17.4 Å². The smallest absolute Gasteiger partial charge is 0.312 e. The first-order valence-electron chi connectivity index (χ1n) is 5.95. The van der Waals surface area contributed by atoms with E-state index < -0.39 is 0 Å². The first-order chi connectivity index (χ1) is 8.99. The largest absolute Gasteiger partial charge is 0.324 e. The summed E-state index contributed by atoms with van der Waals surface area (Å²) in [5, 5.41) is 18.1. The van der Waals surface area contributed by atoms with Crippen LogP contribution in [0.25, 0.3) is 0 Å². The average molecular weight is 296 g/mol. The van der Waals surface area contributed by atoms with Crippen LogP contribution in [-0.4, -0.2) is 11.5 Å². The second-order valence-electron chi connectivity index (χ2n) is 5.02. The highest BCUT2D eigenvalue weighted by Crippen LogP contribution is 2.27. The third-order valence-corrected chi connectivity index (χ3v) is 5.07. The molecule has 2 heterocycles. The Morgan fingerprint density at radius 2 is 2.21 bits per heavy atom. The monoisotopic (exact) mass is 296 g/mol. The third-order valence-electron chi connectivity index (χ3n) is 2.90. The van der Waals surface area contributed by atoms with Crippen molar-refractivity contribution >= 4 is 27.7 Å². The van der Waals surface area contributed by atoms with Crippen LogP contribution in [0.2, 0.25) is 0 Å². The molecule has 19 heavy (non-hydrogen) atoms. The van der Waals surface area contributed by atoms with Gasteiger partial charge in [-0.2, -0.15) is 0 Å². The van der Waals surface area contributed by atoms with Crippen molar-refractivity contribution in [1.29, 1.82) is 0 Å². The molecular formula is C13H16N2O2S2. The summed E-state index contributed by atoms with van der Waals surface area (Å²) in [6, 6.07) is 5.83. The molecule has 0 aromatic carbocycles. The SMILES string of the molecule is CC(C)(CNCc1csc([N+](=O)[O-])c1)c1cccs1. The fourth-order valence-corrected chi connectivity index (χ4v) is 3.40. The van der Waals surface area contributed by atoms with Crippen molar-refractivity contribution in [3.05, 3.63) is 49.5 Å². The minimum Gasteiger partial charge on any atom is -0.312 e. The van der Waals surface area contributed by atoms with Gasteiger partial charge in [0.25, 0.3) is 0 Å². The Morgan fingerprint density at radius 3 is 2.79 bits per heavy atom. The summed E-state index contributed by atoms with van der Waals surface area (Å²) in [7, 11) is 0. The molecule has 0 atom stereocenters. The lowest BCUT2D eigenvalue weighted by Gasteiger charge is -2.23. The fraction of sp³-hybridized carbons (Fsp3) is 0.385. The first kappa shape index (κ1) is 14.2. The zero-order chi connectivity index (χ0) is 13.9. The van der Waals surface area contributed by atoms with Crippen molar-refractivity contribution in [3.63, 3.8) is 0 Å². The van der Waals surface area contributed by atoms with E-state index in [1.807, 2.05) is 5.38 Å². The van der Waals surface area contributed by atoms with Gasteiger partial charge in [-0.1, -0.05) is 31.3 Å². The van der Waals surface area contributed by atoms with E-state index in [0.717, 1.165) is 12.1 Å². The number of thiophene rings is 2. The van der Waals surface area contributed by atoms with Crippen LogP contribution in [-0.2, 0) is 12.0 Å². The maximum atomic E-state index is 10.6. The number of nitro groups is 1. The van der Waals surface area contributed by atoms with Crippen LogP contribution < -0.4 is 5.32 Å². The van der Waals surface area contributed by atoms with E-state index in [-0.39, 0.29) is 15.3 Å². The Hall–Kier alpha value is -1.24. The van der Waals surface area contributed by atoms with Crippen LogP contribution >= 0.6 is 22.7 Å². The van der Waals surface area contributed by atoms with Crippen LogP contribution in [0.5, 0.6) is 0 Å². The summed E-state index contributed by atoms with van der Waals surface area (Å²) >= 11 is 2.93. The molecule has 4 nitrogen and oxygen atoms in total. The van der Waals surface area contributed by atoms with E-state index in [9.17, 15) is 10.1 Å². The van der Waals surface area contributed by atoms with Crippen molar-refractivity contribution in [2.24, 2.45) is 0 Å². The molecular weight excluding hydrogens is 280 g/mol. The fourth-order valence-electron chi connectivity index (χ4n) is 1.82. The van der Waals surface area contributed by atoms with E-state index in [1.165, 1.54) is 16.2 Å². The summed E-state index contributed by atoms with van der Waals surface area (Å²) < 4.78 is 0. The van der Waals surface area contributed by atoms with Gasteiger partial charge in [0.1, 0.15) is 0 Å². The zero-order valence-electron chi connectivity index (χ0n) is 10.9. The first-order valence-corrected chi connectivity index (χ1v) is 7.71. The number of nitrogens with zero attached hydrogens (tertiary/aromatic N) is 1. The van der Waals surface area contributed by atoms with Crippen LogP contribution in [0.3, 0.4) is 0 Å². The van der Waals surface area contributed by atoms with Crippen molar-refractivity contribution in [2.75, 3.05) is 6.54 Å². The quantitative estimate of drug-likeness (QED) is 0.652. The Balaban J connectivity index is 1.87. The van der Waals surface area contributed by atoms with Gasteiger partial charge in [-0.3, -0.25) is 10.1 Å². The second kappa shape index (κ2) is 5.81. The summed E-state index contributed by atoms with van der Waals surface area (Å²) in [5.74, 6) is 0. The second-order valence-corrected chi connectivity index (χ2v) is 6.85. The highest BCUT2D eigenvalue weighted by molar-refractivity contribution is 7.13. The van der Waals surface area contributed by atoms with Gasteiger partial charge in [-0.05, 0) is 17.0 Å². The van der Waals surface area contributed by atoms with Crippen molar-refractivity contribution in [2.45, 2.75) is 25.8 Å². The molecule has 0 aliphatic heterocycles. The Morgan fingerprint density at radius 1 is 1.42 bits per heavy atom. The van der Waals surface area contributed by atoms with Gasteiger partial charge >= 0.3 is 5.00 Å². The highest BCUT2D eigenvalue weighted by atomic mass is 32.1. The molecule has 0 aliphatic carbocycles. The topological polar surface area (TPSA) is 55.2 Å². The Bertz CT molecular complexity index is 547. The van der Waals surface area contributed by atoms with E-state index in [4.69, 9.17) is 0 Å². The Kier molecular flexibility index (Phi) is 4.34. The molecule has 0 radical (unpaired) electrons. The van der Waals surface area contributed by atoms with Gasteiger partial charge < -0.3 is 5.32 Å². The summed E-state index contributed by atoms with van der Waals surface area (Å²) in [6.07, 6.45) is 0. The average Bonchev–Trinajstić information content (AvgIpc) is 3.00. The van der Waals surface area contributed by atoms with Crippen molar-refractivity contribution in [1.82, 2.24) is 5.32 Å². The maximum absolute atomic E-state index is 10.6. The van der Waals surface area contributed by atoms with Crippen LogP contribution in [0.4, 0.5) is 5.00 Å². The predicted molar refractivity (Wildman–Crippen MR) is 80.0 cm³/mol. The molecule has 2 aromatic heterocycles. The molecule has 0 spiro atoms. The van der Waals surface area contributed by atoms with E-state index >= 15 is 0 Å². The molecule has 102 valence electrons. The predicted octanol–water partition coefficient (Wildman–Crippen LogP) is 3.79. The lowest BCUT2D eigenvalue weighted by atomic mass is 9.91. The molecule has 1 N–H and O–H groups in total. The van der Waals surface area contributed by atoms with E-state index in [2.05, 4.69) is 36.7 Å². The number of nitrogens with one attached hydrogen (secondary N) is 1. The third kappa shape index (κ3) is 3.62. The molecule has 0 bridgehead atoms. The van der Waals surface area contributed by atoms with Gasteiger partial charge in [0, 0.05) is 34.8 Å². The summed E-state index contributed by atoms with van der Waals surface area (Å²) in [5.41, 5.74) is 1.05. The van der Waals surface area contributed by atoms with Crippen LogP contribution in [0.1, 0.15) is 24.3 Å². The van der Waals surface area contributed by atoms with Crippen molar-refractivity contribution in [3.8, 4) is 0 Å². The number of rotatable bonds is 6. The van der Waals surface area contributed by atoms with Crippen LogP contribution in [0.15, 0.2) is 29.0 Å². The van der Waals surface area contributed by atoms with Crippen molar-refractivity contribution < 1.29 is 4.92 Å². The van der Waals surface area contributed by atoms with Gasteiger partial charge in [-0.15, -0.1) is 11.3 Å². The normalized spacial score (nSPS) is 11.7. The van der Waals surface area contributed by atoms with Gasteiger partial charge in [0.2, 0.25) is 0 Å². The maximum Gasteiger partial charge on any atom is 0.324 e. The standard InChI is InChI=1S/C13H16N2O2S2/c1-13(2,11-4-3-5-18-11)9-14-7-10-6-12(15(16)17)19-8-10/h3-6,8,14H,7,9H2,1-2H3. The highest BCUT2D eigenvalue weighted by Gasteiger charge is 2.21. The summed E-state index contributed by atoms with van der Waals surface area (Å²) in [4.78, 5) is 11.6. The molecule has 6 heteroatoms. The van der Waals surface area contributed by atoms with E-state index in [0.29, 0.717) is 6.54 Å². The van der Waals surface area contributed by atoms with Gasteiger partial charge in [-0.25, -0.2) is 0 Å². The lowest BCUT2D eigenvalue weighted by molar-refractivity contribution is -0.380. The lowest BCUT2D eigenvalue weighted by Crippen LogP contribution is -2.31. The molecule has 0 saturated heterocycles. The van der Waals surface area contributed by atoms with Crippen LogP contribution in [0, 0.1) is 10.1 Å². The molecule has 2 rings (SSSR count). The van der Waals surface area contributed by atoms with Gasteiger partial charge in [0.15, 0.2) is 0 Å². The molecule has 0 amide bonds. The zero-order valence-corrected chi connectivity index (χ0v) is 12.5. The minimum atomic E-state index is -0.343. The molecule has 0 aliphatic rings. The molecule has 0 fully saturated rings.